The molecule has 0 spiro atoms. The SMILES string of the molecule is CC[C@H]1NC[C@H]2C[C@@H](N)[C@H]21. The van der Waals surface area contributed by atoms with Crippen molar-refractivity contribution in [3.63, 3.8) is 0 Å². The van der Waals surface area contributed by atoms with E-state index in [2.05, 4.69) is 12.2 Å². The maximum Gasteiger partial charge on any atom is 0.0111 e. The smallest absolute Gasteiger partial charge is 0.0111 e. The molecule has 2 aliphatic rings. The Morgan fingerprint density at radius 1 is 1.60 bits per heavy atom. The second-order valence-electron chi connectivity index (χ2n) is 3.66. The van der Waals surface area contributed by atoms with Gasteiger partial charge in [0, 0.05) is 12.1 Å². The van der Waals surface area contributed by atoms with Crippen LogP contribution in [0.3, 0.4) is 0 Å². The summed E-state index contributed by atoms with van der Waals surface area (Å²) in [6, 6.07) is 1.23. The highest BCUT2D eigenvalue weighted by atomic mass is 15.0. The number of hydrogen-bond donors (Lipinski definition) is 2. The number of nitrogens with two attached hydrogens (primary N) is 1. The van der Waals surface area contributed by atoms with Crippen molar-refractivity contribution in [3.05, 3.63) is 0 Å². The van der Waals surface area contributed by atoms with Crippen LogP contribution < -0.4 is 11.1 Å². The summed E-state index contributed by atoms with van der Waals surface area (Å²) in [6.45, 7) is 3.46. The van der Waals surface area contributed by atoms with Crippen molar-refractivity contribution in [2.24, 2.45) is 17.6 Å². The largest absolute Gasteiger partial charge is 0.327 e. The lowest BCUT2D eigenvalue weighted by Crippen LogP contribution is -2.49. The van der Waals surface area contributed by atoms with Crippen molar-refractivity contribution in [1.29, 1.82) is 0 Å². The molecule has 3 N–H and O–H groups in total. The van der Waals surface area contributed by atoms with Crippen LogP contribution in [0.1, 0.15) is 19.8 Å². The monoisotopic (exact) mass is 140 g/mol. The standard InChI is InChI=1S/C8H16N2/c1-2-7-8-5(4-10-7)3-6(8)9/h5-8,10H,2-4,9H2,1H3/t5-,6-,7-,8+/m1/s1. The van der Waals surface area contributed by atoms with Crippen LogP contribution in [0, 0.1) is 11.8 Å². The number of rotatable bonds is 1. The maximum atomic E-state index is 5.89. The Morgan fingerprint density at radius 2 is 2.40 bits per heavy atom. The zero-order valence-corrected chi connectivity index (χ0v) is 6.51. The molecule has 1 saturated carbocycles. The van der Waals surface area contributed by atoms with Gasteiger partial charge in [-0.05, 0) is 31.2 Å². The second-order valence-corrected chi connectivity index (χ2v) is 3.66. The molecule has 2 fully saturated rings. The van der Waals surface area contributed by atoms with Gasteiger partial charge >= 0.3 is 0 Å². The van der Waals surface area contributed by atoms with Gasteiger partial charge in [-0.3, -0.25) is 0 Å². The fourth-order valence-corrected chi connectivity index (χ4v) is 2.52. The molecule has 0 aromatic carbocycles. The average Bonchev–Trinajstić information content (AvgIpc) is 2.25. The van der Waals surface area contributed by atoms with Gasteiger partial charge in [-0.25, -0.2) is 0 Å². The zero-order valence-electron chi connectivity index (χ0n) is 6.51. The van der Waals surface area contributed by atoms with Crippen molar-refractivity contribution in [2.45, 2.75) is 31.8 Å². The second kappa shape index (κ2) is 2.21. The minimum absolute atomic E-state index is 0.505. The summed E-state index contributed by atoms with van der Waals surface area (Å²) < 4.78 is 0. The first-order valence-electron chi connectivity index (χ1n) is 4.32. The molecule has 4 atom stereocenters. The first-order chi connectivity index (χ1) is 4.83. The molecule has 1 saturated heterocycles. The van der Waals surface area contributed by atoms with E-state index in [9.17, 15) is 0 Å². The molecular weight excluding hydrogens is 124 g/mol. The van der Waals surface area contributed by atoms with Crippen LogP contribution in [0.15, 0.2) is 0 Å². The van der Waals surface area contributed by atoms with Crippen molar-refractivity contribution in [3.8, 4) is 0 Å². The van der Waals surface area contributed by atoms with Gasteiger partial charge in [0.1, 0.15) is 0 Å². The Kier molecular flexibility index (Phi) is 1.46. The maximum absolute atomic E-state index is 5.89. The number of fused-ring (bicyclic) bond motifs is 1. The van der Waals surface area contributed by atoms with Crippen LogP contribution in [0.4, 0.5) is 0 Å². The molecule has 10 heavy (non-hydrogen) atoms. The summed E-state index contributed by atoms with van der Waals surface area (Å²) in [7, 11) is 0. The average molecular weight is 140 g/mol. The Morgan fingerprint density at radius 3 is 2.90 bits per heavy atom. The normalized spacial score (nSPS) is 52.2. The van der Waals surface area contributed by atoms with E-state index in [0.29, 0.717) is 6.04 Å². The highest BCUT2D eigenvalue weighted by molar-refractivity contribution is 5.03. The first-order valence-corrected chi connectivity index (χ1v) is 4.32. The highest BCUT2D eigenvalue weighted by Crippen LogP contribution is 2.40. The van der Waals surface area contributed by atoms with Crippen LogP contribution in [0.5, 0.6) is 0 Å². The Balaban J connectivity index is 2.01. The van der Waals surface area contributed by atoms with Crippen LogP contribution in [-0.4, -0.2) is 18.6 Å². The molecule has 58 valence electrons. The highest BCUT2D eigenvalue weighted by Gasteiger charge is 2.46. The Bertz CT molecular complexity index is 135. The van der Waals surface area contributed by atoms with Crippen LogP contribution in [0.2, 0.25) is 0 Å². The van der Waals surface area contributed by atoms with E-state index in [0.717, 1.165) is 17.9 Å². The number of hydrogen-bond acceptors (Lipinski definition) is 2. The molecule has 1 aliphatic heterocycles. The van der Waals surface area contributed by atoms with Crippen molar-refractivity contribution < 1.29 is 0 Å². The topological polar surface area (TPSA) is 38.0 Å². The lowest BCUT2D eigenvalue weighted by Gasteiger charge is -2.39. The predicted octanol–water partition coefficient (Wildman–Crippen LogP) is 0.332. The number of nitrogens with one attached hydrogen (secondary N) is 1. The van der Waals surface area contributed by atoms with Crippen molar-refractivity contribution >= 4 is 0 Å². The van der Waals surface area contributed by atoms with Gasteiger partial charge in [0.15, 0.2) is 0 Å². The van der Waals surface area contributed by atoms with E-state index in [1.165, 1.54) is 19.4 Å². The first kappa shape index (κ1) is 6.62. The summed E-state index contributed by atoms with van der Waals surface area (Å²) in [4.78, 5) is 0. The molecule has 2 nitrogen and oxygen atoms in total. The molecule has 0 bridgehead atoms. The fraction of sp³-hybridized carbons (Fsp3) is 1.00. The molecule has 0 aromatic rings. The van der Waals surface area contributed by atoms with E-state index in [1.807, 2.05) is 0 Å². The summed E-state index contributed by atoms with van der Waals surface area (Å²) in [5.74, 6) is 1.73. The molecule has 0 amide bonds. The zero-order chi connectivity index (χ0) is 7.14. The van der Waals surface area contributed by atoms with Gasteiger partial charge < -0.3 is 11.1 Å². The lowest BCUT2D eigenvalue weighted by atomic mass is 9.68. The van der Waals surface area contributed by atoms with Crippen molar-refractivity contribution in [2.75, 3.05) is 6.54 Å². The molecule has 0 aromatic heterocycles. The predicted molar refractivity (Wildman–Crippen MR) is 41.7 cm³/mol. The molecule has 1 aliphatic carbocycles. The molecule has 2 heteroatoms. The molecule has 0 unspecified atom stereocenters. The van der Waals surface area contributed by atoms with Crippen molar-refractivity contribution in [1.82, 2.24) is 5.32 Å². The Hall–Kier alpha value is -0.0800. The molecular formula is C8H16N2. The van der Waals surface area contributed by atoms with E-state index >= 15 is 0 Å². The third-order valence-electron chi connectivity index (χ3n) is 3.16. The quantitative estimate of drug-likeness (QED) is 0.551. The molecule has 0 radical (unpaired) electrons. The third-order valence-corrected chi connectivity index (χ3v) is 3.16. The minimum Gasteiger partial charge on any atom is -0.327 e. The lowest BCUT2D eigenvalue weighted by molar-refractivity contribution is 0.162. The van der Waals surface area contributed by atoms with Crippen LogP contribution in [-0.2, 0) is 0 Å². The van der Waals surface area contributed by atoms with Gasteiger partial charge in [0.05, 0.1) is 0 Å². The van der Waals surface area contributed by atoms with Crippen LogP contribution in [0.25, 0.3) is 0 Å². The summed E-state index contributed by atoms with van der Waals surface area (Å²) in [6.07, 6.45) is 2.50. The molecule has 2 rings (SSSR count). The van der Waals surface area contributed by atoms with E-state index in [-0.39, 0.29) is 0 Å². The van der Waals surface area contributed by atoms with Gasteiger partial charge in [0.25, 0.3) is 0 Å². The third kappa shape index (κ3) is 0.722. The Labute approximate surface area is 62.2 Å². The molecule has 1 heterocycles. The van der Waals surface area contributed by atoms with Gasteiger partial charge in [-0.1, -0.05) is 6.92 Å². The van der Waals surface area contributed by atoms with E-state index < -0.39 is 0 Å². The summed E-state index contributed by atoms with van der Waals surface area (Å²) in [5.41, 5.74) is 5.89. The van der Waals surface area contributed by atoms with Gasteiger partial charge in [-0.15, -0.1) is 0 Å². The van der Waals surface area contributed by atoms with Gasteiger partial charge in [0.2, 0.25) is 0 Å². The fourth-order valence-electron chi connectivity index (χ4n) is 2.52. The van der Waals surface area contributed by atoms with Gasteiger partial charge in [-0.2, -0.15) is 0 Å². The van der Waals surface area contributed by atoms with Crippen LogP contribution >= 0.6 is 0 Å². The minimum atomic E-state index is 0.505. The van der Waals surface area contributed by atoms with E-state index in [4.69, 9.17) is 5.73 Å². The summed E-state index contributed by atoms with van der Waals surface area (Å²) >= 11 is 0. The van der Waals surface area contributed by atoms with E-state index in [1.54, 1.807) is 0 Å². The summed E-state index contributed by atoms with van der Waals surface area (Å²) in [5, 5.41) is 3.52.